The summed E-state index contributed by atoms with van der Waals surface area (Å²) in [6, 6.07) is 9.10. The van der Waals surface area contributed by atoms with Crippen LogP contribution in [0.1, 0.15) is 27.3 Å². The fourth-order valence-corrected chi connectivity index (χ4v) is 2.61. The molecule has 3 aromatic rings. The monoisotopic (exact) mass is 363 g/mol. The van der Waals surface area contributed by atoms with Crippen molar-refractivity contribution in [2.45, 2.75) is 26.8 Å². The Kier molecular flexibility index (Phi) is 4.58. The number of pyridine rings is 1. The fourth-order valence-electron chi connectivity index (χ4n) is 2.61. The fraction of sp³-hybridized carbons (Fsp3) is 0.222. The normalized spacial score (nSPS) is 11.6. The molecule has 0 saturated carbocycles. The molecule has 1 N–H and O–H groups in total. The van der Waals surface area contributed by atoms with E-state index in [9.17, 15) is 18.0 Å². The van der Waals surface area contributed by atoms with Crippen LogP contribution in [0.5, 0.6) is 5.75 Å². The van der Waals surface area contributed by atoms with Gasteiger partial charge in [0.25, 0.3) is 5.91 Å². The first-order valence-corrected chi connectivity index (χ1v) is 7.81. The van der Waals surface area contributed by atoms with Crippen molar-refractivity contribution in [1.82, 2.24) is 14.7 Å². The number of imidazole rings is 1. The van der Waals surface area contributed by atoms with Crippen LogP contribution < -0.4 is 10.1 Å². The van der Waals surface area contributed by atoms with E-state index in [4.69, 9.17) is 0 Å². The number of carbonyl (C=O) groups excluding carboxylic acids is 1. The van der Waals surface area contributed by atoms with Gasteiger partial charge in [0.15, 0.2) is 0 Å². The van der Waals surface area contributed by atoms with Gasteiger partial charge in [0.2, 0.25) is 0 Å². The largest absolute Gasteiger partial charge is 0.573 e. The van der Waals surface area contributed by atoms with E-state index >= 15 is 0 Å². The standard InChI is InChI=1S/C18H16F3N3O2/c1-11-7-8-24-15(9-11)23-12(2)16(24)17(25)22-10-13-3-5-14(6-4-13)26-18(19,20)21/h3-9H,10H2,1-2H3,(H,22,25). The van der Waals surface area contributed by atoms with Gasteiger partial charge >= 0.3 is 6.36 Å². The molecule has 0 saturated heterocycles. The molecule has 0 spiro atoms. The van der Waals surface area contributed by atoms with Crippen LogP contribution in [0.15, 0.2) is 42.6 Å². The molecule has 0 aliphatic carbocycles. The van der Waals surface area contributed by atoms with E-state index in [1.54, 1.807) is 17.5 Å². The lowest BCUT2D eigenvalue weighted by atomic mass is 10.2. The van der Waals surface area contributed by atoms with Crippen LogP contribution in [0.2, 0.25) is 0 Å². The first-order chi connectivity index (χ1) is 12.2. The Bertz CT molecular complexity index is 947. The Labute approximate surface area is 147 Å². The molecule has 3 rings (SSSR count). The van der Waals surface area contributed by atoms with Crippen LogP contribution in [0, 0.1) is 13.8 Å². The number of halogens is 3. The molecule has 1 amide bonds. The third-order valence-electron chi connectivity index (χ3n) is 3.78. The third kappa shape index (κ3) is 3.96. The predicted octanol–water partition coefficient (Wildman–Crippen LogP) is 3.78. The summed E-state index contributed by atoms with van der Waals surface area (Å²) in [6.07, 6.45) is -2.95. The molecule has 0 atom stereocenters. The van der Waals surface area contributed by atoms with E-state index in [1.165, 1.54) is 24.3 Å². The second-order valence-electron chi connectivity index (χ2n) is 5.85. The molecular formula is C18H16F3N3O2. The second kappa shape index (κ2) is 6.70. The van der Waals surface area contributed by atoms with Crippen LogP contribution in [0.4, 0.5) is 13.2 Å². The highest BCUT2D eigenvalue weighted by atomic mass is 19.4. The van der Waals surface area contributed by atoms with Crippen molar-refractivity contribution in [2.24, 2.45) is 0 Å². The van der Waals surface area contributed by atoms with Crippen molar-refractivity contribution in [3.8, 4) is 5.75 Å². The lowest BCUT2D eigenvalue weighted by Gasteiger charge is -2.10. The second-order valence-corrected chi connectivity index (χ2v) is 5.85. The number of nitrogens with one attached hydrogen (secondary N) is 1. The number of aromatic nitrogens is 2. The Balaban J connectivity index is 1.70. The number of rotatable bonds is 4. The number of hydrogen-bond donors (Lipinski definition) is 1. The van der Waals surface area contributed by atoms with Gasteiger partial charge < -0.3 is 10.1 Å². The summed E-state index contributed by atoms with van der Waals surface area (Å²) >= 11 is 0. The third-order valence-corrected chi connectivity index (χ3v) is 3.78. The van der Waals surface area contributed by atoms with E-state index in [0.29, 0.717) is 22.6 Å². The number of amides is 1. The molecule has 0 fully saturated rings. The Morgan fingerprint density at radius 1 is 1.19 bits per heavy atom. The summed E-state index contributed by atoms with van der Waals surface area (Å²) in [4.78, 5) is 16.9. The molecule has 1 aromatic carbocycles. The SMILES string of the molecule is Cc1ccn2c(C(=O)NCc3ccc(OC(F)(F)F)cc3)c(C)nc2c1. The Morgan fingerprint density at radius 3 is 2.54 bits per heavy atom. The number of aryl methyl sites for hydroxylation is 2. The van der Waals surface area contributed by atoms with Crippen LogP contribution in [0.3, 0.4) is 0 Å². The van der Waals surface area contributed by atoms with E-state index in [-0.39, 0.29) is 18.2 Å². The summed E-state index contributed by atoms with van der Waals surface area (Å²) in [7, 11) is 0. The quantitative estimate of drug-likeness (QED) is 0.768. The van der Waals surface area contributed by atoms with Crippen molar-refractivity contribution in [3.63, 3.8) is 0 Å². The highest BCUT2D eigenvalue weighted by molar-refractivity contribution is 5.94. The number of benzene rings is 1. The van der Waals surface area contributed by atoms with E-state index in [1.807, 2.05) is 19.1 Å². The zero-order valence-corrected chi connectivity index (χ0v) is 14.1. The molecule has 0 aliphatic heterocycles. The molecule has 0 bridgehead atoms. The van der Waals surface area contributed by atoms with Crippen LogP contribution >= 0.6 is 0 Å². The average molecular weight is 363 g/mol. The van der Waals surface area contributed by atoms with Gasteiger partial charge in [-0.05, 0) is 49.2 Å². The maximum Gasteiger partial charge on any atom is 0.573 e. The summed E-state index contributed by atoms with van der Waals surface area (Å²) in [5.74, 6) is -0.616. The molecule has 136 valence electrons. The van der Waals surface area contributed by atoms with Crippen LogP contribution in [-0.4, -0.2) is 21.7 Å². The van der Waals surface area contributed by atoms with E-state index in [2.05, 4.69) is 15.0 Å². The number of carbonyl (C=O) groups is 1. The Morgan fingerprint density at radius 2 is 1.88 bits per heavy atom. The van der Waals surface area contributed by atoms with Gasteiger partial charge in [-0.2, -0.15) is 0 Å². The van der Waals surface area contributed by atoms with Gasteiger partial charge in [0.05, 0.1) is 5.69 Å². The molecular weight excluding hydrogens is 347 g/mol. The lowest BCUT2D eigenvalue weighted by molar-refractivity contribution is -0.274. The number of alkyl halides is 3. The minimum Gasteiger partial charge on any atom is -0.406 e. The van der Waals surface area contributed by atoms with Crippen LogP contribution in [-0.2, 0) is 6.54 Å². The van der Waals surface area contributed by atoms with E-state index < -0.39 is 6.36 Å². The lowest BCUT2D eigenvalue weighted by Crippen LogP contribution is -2.25. The molecule has 26 heavy (non-hydrogen) atoms. The maximum atomic E-state index is 12.5. The first-order valence-electron chi connectivity index (χ1n) is 7.81. The van der Waals surface area contributed by atoms with Gasteiger partial charge in [-0.1, -0.05) is 12.1 Å². The van der Waals surface area contributed by atoms with Crippen molar-refractivity contribution in [2.75, 3.05) is 0 Å². The van der Waals surface area contributed by atoms with Gasteiger partial charge in [0, 0.05) is 12.7 Å². The van der Waals surface area contributed by atoms with Crippen molar-refractivity contribution in [1.29, 1.82) is 0 Å². The molecule has 0 aliphatic rings. The number of nitrogens with zero attached hydrogens (tertiary/aromatic N) is 2. The molecule has 8 heteroatoms. The Hall–Kier alpha value is -3.03. The number of fused-ring (bicyclic) bond motifs is 1. The predicted molar refractivity (Wildman–Crippen MR) is 89.0 cm³/mol. The molecule has 5 nitrogen and oxygen atoms in total. The zero-order valence-electron chi connectivity index (χ0n) is 14.1. The van der Waals surface area contributed by atoms with Gasteiger partial charge in [-0.25, -0.2) is 4.98 Å². The summed E-state index contributed by atoms with van der Waals surface area (Å²) in [5.41, 5.74) is 3.39. The summed E-state index contributed by atoms with van der Waals surface area (Å²) in [5, 5.41) is 2.75. The topological polar surface area (TPSA) is 55.6 Å². The summed E-state index contributed by atoms with van der Waals surface area (Å²) < 4.78 is 42.0. The van der Waals surface area contributed by atoms with E-state index in [0.717, 1.165) is 5.56 Å². The maximum absolute atomic E-state index is 12.5. The molecule has 2 aromatic heterocycles. The number of ether oxygens (including phenoxy) is 1. The highest BCUT2D eigenvalue weighted by Gasteiger charge is 2.30. The van der Waals surface area contributed by atoms with Gasteiger partial charge in [-0.3, -0.25) is 9.20 Å². The highest BCUT2D eigenvalue weighted by Crippen LogP contribution is 2.22. The van der Waals surface area contributed by atoms with Gasteiger partial charge in [-0.15, -0.1) is 13.2 Å². The van der Waals surface area contributed by atoms with Crippen molar-refractivity contribution >= 4 is 11.6 Å². The van der Waals surface area contributed by atoms with Gasteiger partial charge in [0.1, 0.15) is 17.1 Å². The molecule has 2 heterocycles. The molecule has 0 unspecified atom stereocenters. The smallest absolute Gasteiger partial charge is 0.406 e. The van der Waals surface area contributed by atoms with Crippen molar-refractivity contribution < 1.29 is 22.7 Å². The first kappa shape index (κ1) is 17.8. The minimum atomic E-state index is -4.73. The minimum absolute atomic E-state index is 0.170. The molecule has 0 radical (unpaired) electrons. The average Bonchev–Trinajstić information content (AvgIpc) is 2.87. The van der Waals surface area contributed by atoms with Crippen LogP contribution in [0.25, 0.3) is 5.65 Å². The number of hydrogen-bond acceptors (Lipinski definition) is 3. The zero-order chi connectivity index (χ0) is 18.9. The summed E-state index contributed by atoms with van der Waals surface area (Å²) in [6.45, 7) is 3.86. The van der Waals surface area contributed by atoms with Crippen molar-refractivity contribution in [3.05, 3.63) is 65.1 Å².